The predicted molar refractivity (Wildman–Crippen MR) is 75.5 cm³/mol. The van der Waals surface area contributed by atoms with Gasteiger partial charge >= 0.3 is 0 Å². The van der Waals surface area contributed by atoms with Crippen molar-refractivity contribution in [3.05, 3.63) is 57.9 Å². The Balaban J connectivity index is 2.28. The van der Waals surface area contributed by atoms with Crippen molar-refractivity contribution in [2.75, 3.05) is 0 Å². The second-order valence-electron chi connectivity index (χ2n) is 5.08. The summed E-state index contributed by atoms with van der Waals surface area (Å²) in [5.41, 5.74) is 5.56. The maximum Gasteiger partial charge on any atom is 0.169 e. The zero-order valence-electron chi connectivity index (χ0n) is 11.8. The Morgan fingerprint density at radius 1 is 0.947 bits per heavy atom. The van der Waals surface area contributed by atoms with Crippen molar-refractivity contribution >= 4 is 5.78 Å². The lowest BCUT2D eigenvalue weighted by molar-refractivity contribution is 0.0991. The van der Waals surface area contributed by atoms with Gasteiger partial charge in [0.15, 0.2) is 5.78 Å². The van der Waals surface area contributed by atoms with Gasteiger partial charge in [-0.05, 0) is 39.3 Å². The molecule has 1 aromatic heterocycles. The van der Waals surface area contributed by atoms with E-state index in [4.69, 9.17) is 0 Å². The topological polar surface area (TPSA) is 42.9 Å². The van der Waals surface area contributed by atoms with Crippen molar-refractivity contribution in [2.45, 2.75) is 34.1 Å². The third-order valence-corrected chi connectivity index (χ3v) is 3.05. The number of aryl methyl sites for hydroxylation is 4. The van der Waals surface area contributed by atoms with Crippen LogP contribution in [0.1, 0.15) is 38.4 Å². The van der Waals surface area contributed by atoms with Crippen LogP contribution >= 0.6 is 0 Å². The molecule has 0 unspecified atom stereocenters. The summed E-state index contributed by atoms with van der Waals surface area (Å²) in [5, 5.41) is 7.96. The Morgan fingerprint density at radius 3 is 2.21 bits per heavy atom. The average Bonchev–Trinajstić information content (AvgIpc) is 2.30. The van der Waals surface area contributed by atoms with Gasteiger partial charge in [-0.1, -0.05) is 29.3 Å². The normalized spacial score (nSPS) is 10.5. The predicted octanol–water partition coefficient (Wildman–Crippen LogP) is 3.14. The number of aromatic nitrogens is 2. The number of benzene rings is 1. The van der Waals surface area contributed by atoms with Crippen LogP contribution in [0.3, 0.4) is 0 Å². The maximum absolute atomic E-state index is 12.3. The summed E-state index contributed by atoms with van der Waals surface area (Å²) in [5.74, 6) is 0.0977. The molecule has 0 bridgehead atoms. The molecule has 2 rings (SSSR count). The van der Waals surface area contributed by atoms with Crippen molar-refractivity contribution in [3.63, 3.8) is 0 Å². The summed E-state index contributed by atoms with van der Waals surface area (Å²) < 4.78 is 0. The maximum atomic E-state index is 12.3. The Hall–Kier alpha value is -2.03. The van der Waals surface area contributed by atoms with Crippen molar-refractivity contribution in [1.29, 1.82) is 0 Å². The van der Waals surface area contributed by atoms with Crippen LogP contribution in [0.2, 0.25) is 0 Å². The lowest BCUT2D eigenvalue weighted by Crippen LogP contribution is -2.09. The third kappa shape index (κ3) is 3.25. The van der Waals surface area contributed by atoms with Gasteiger partial charge in [-0.3, -0.25) is 4.79 Å². The van der Waals surface area contributed by atoms with Crippen LogP contribution in [0.25, 0.3) is 0 Å². The van der Waals surface area contributed by atoms with E-state index in [1.165, 1.54) is 11.1 Å². The zero-order chi connectivity index (χ0) is 14.0. The molecule has 0 atom stereocenters. The second-order valence-corrected chi connectivity index (χ2v) is 5.08. The van der Waals surface area contributed by atoms with Gasteiger partial charge in [0.2, 0.25) is 0 Å². The van der Waals surface area contributed by atoms with Crippen LogP contribution in [0, 0.1) is 27.7 Å². The molecular formula is C16H18N2O. The highest BCUT2D eigenvalue weighted by molar-refractivity contribution is 5.98. The van der Waals surface area contributed by atoms with Gasteiger partial charge in [-0.2, -0.15) is 10.2 Å². The lowest BCUT2D eigenvalue weighted by Gasteiger charge is -2.07. The monoisotopic (exact) mass is 254 g/mol. The van der Waals surface area contributed by atoms with Crippen LogP contribution in [0.15, 0.2) is 24.3 Å². The van der Waals surface area contributed by atoms with E-state index in [9.17, 15) is 4.79 Å². The molecule has 98 valence electrons. The highest BCUT2D eigenvalue weighted by Gasteiger charge is 2.12. The van der Waals surface area contributed by atoms with Gasteiger partial charge in [-0.15, -0.1) is 0 Å². The number of carbonyl (C=O) groups excluding carboxylic acids is 1. The SMILES string of the molecule is Cc1cc(C)cc(CC(=O)c2cc(C)nnc2C)c1. The fraction of sp³-hybridized carbons (Fsp3) is 0.312. The highest BCUT2D eigenvalue weighted by Crippen LogP contribution is 2.14. The van der Waals surface area contributed by atoms with Crippen molar-refractivity contribution in [2.24, 2.45) is 0 Å². The summed E-state index contributed by atoms with van der Waals surface area (Å²) >= 11 is 0. The minimum Gasteiger partial charge on any atom is -0.294 e. The summed E-state index contributed by atoms with van der Waals surface area (Å²) in [6.07, 6.45) is 0.411. The molecule has 2 aromatic rings. The third-order valence-electron chi connectivity index (χ3n) is 3.05. The van der Waals surface area contributed by atoms with Crippen LogP contribution < -0.4 is 0 Å². The molecular weight excluding hydrogens is 236 g/mol. The molecule has 0 saturated heterocycles. The molecule has 0 aliphatic heterocycles. The van der Waals surface area contributed by atoms with Gasteiger partial charge in [0.1, 0.15) is 0 Å². The number of carbonyl (C=O) groups is 1. The molecule has 19 heavy (non-hydrogen) atoms. The molecule has 0 spiro atoms. The van der Waals surface area contributed by atoms with E-state index in [-0.39, 0.29) is 5.78 Å². The second kappa shape index (κ2) is 5.31. The highest BCUT2D eigenvalue weighted by atomic mass is 16.1. The number of hydrogen-bond donors (Lipinski definition) is 0. The first-order valence-electron chi connectivity index (χ1n) is 6.37. The first-order valence-corrected chi connectivity index (χ1v) is 6.37. The van der Waals surface area contributed by atoms with E-state index in [0.717, 1.165) is 11.3 Å². The summed E-state index contributed by atoms with van der Waals surface area (Å²) in [6, 6.07) is 8.04. The molecule has 0 aliphatic carbocycles. The Morgan fingerprint density at radius 2 is 1.58 bits per heavy atom. The van der Waals surface area contributed by atoms with E-state index in [2.05, 4.69) is 28.4 Å². The first kappa shape index (κ1) is 13.4. The van der Waals surface area contributed by atoms with Crippen LogP contribution in [-0.2, 0) is 6.42 Å². The van der Waals surface area contributed by atoms with Crippen molar-refractivity contribution < 1.29 is 4.79 Å². The van der Waals surface area contributed by atoms with Gasteiger partial charge in [0, 0.05) is 12.0 Å². The van der Waals surface area contributed by atoms with E-state index in [1.54, 1.807) is 0 Å². The van der Waals surface area contributed by atoms with Gasteiger partial charge in [0.05, 0.1) is 11.4 Å². The summed E-state index contributed by atoms with van der Waals surface area (Å²) in [7, 11) is 0. The molecule has 0 N–H and O–H groups in total. The van der Waals surface area contributed by atoms with E-state index in [1.807, 2.05) is 33.8 Å². The zero-order valence-corrected chi connectivity index (χ0v) is 11.8. The molecule has 3 nitrogen and oxygen atoms in total. The quantitative estimate of drug-likeness (QED) is 0.790. The number of Topliss-reactive ketones (excluding diaryl/α,β-unsaturated/α-hetero) is 1. The number of hydrogen-bond acceptors (Lipinski definition) is 3. The van der Waals surface area contributed by atoms with Gasteiger partial charge < -0.3 is 0 Å². The number of ketones is 1. The average molecular weight is 254 g/mol. The molecule has 1 heterocycles. The van der Waals surface area contributed by atoms with E-state index in [0.29, 0.717) is 17.7 Å². The summed E-state index contributed by atoms with van der Waals surface area (Å²) in [6.45, 7) is 7.76. The molecule has 0 saturated carbocycles. The Labute approximate surface area is 113 Å². The molecule has 3 heteroatoms. The van der Waals surface area contributed by atoms with E-state index >= 15 is 0 Å². The van der Waals surface area contributed by atoms with Crippen LogP contribution in [-0.4, -0.2) is 16.0 Å². The number of nitrogens with zero attached hydrogens (tertiary/aromatic N) is 2. The van der Waals surface area contributed by atoms with E-state index < -0.39 is 0 Å². The largest absolute Gasteiger partial charge is 0.294 e. The molecule has 0 radical (unpaired) electrons. The van der Waals surface area contributed by atoms with Crippen LogP contribution in [0.4, 0.5) is 0 Å². The van der Waals surface area contributed by atoms with Crippen LogP contribution in [0.5, 0.6) is 0 Å². The first-order chi connectivity index (χ1) is 8.95. The van der Waals surface area contributed by atoms with Gasteiger partial charge in [-0.25, -0.2) is 0 Å². The van der Waals surface area contributed by atoms with Crippen molar-refractivity contribution in [1.82, 2.24) is 10.2 Å². The molecule has 0 fully saturated rings. The smallest absolute Gasteiger partial charge is 0.169 e. The fourth-order valence-corrected chi connectivity index (χ4v) is 2.28. The Bertz CT molecular complexity index is 612. The summed E-state index contributed by atoms with van der Waals surface area (Å²) in [4.78, 5) is 12.3. The standard InChI is InChI=1S/C16H18N2O/c1-10-5-11(2)7-14(6-10)9-16(19)15-8-12(3)17-18-13(15)4/h5-8H,9H2,1-4H3. The number of rotatable bonds is 3. The molecule has 1 aromatic carbocycles. The van der Waals surface area contributed by atoms with Gasteiger partial charge in [0.25, 0.3) is 0 Å². The lowest BCUT2D eigenvalue weighted by atomic mass is 9.99. The minimum atomic E-state index is 0.0977. The Kier molecular flexibility index (Phi) is 3.74. The fourth-order valence-electron chi connectivity index (χ4n) is 2.28. The molecule has 0 amide bonds. The molecule has 0 aliphatic rings. The minimum absolute atomic E-state index is 0.0977. The van der Waals surface area contributed by atoms with Crippen molar-refractivity contribution in [3.8, 4) is 0 Å².